The molecule has 0 saturated carbocycles. The average Bonchev–Trinajstić information content (AvgIpc) is 2.86. The van der Waals surface area contributed by atoms with Crippen molar-refractivity contribution in [3.8, 4) is 11.4 Å². The predicted octanol–water partition coefficient (Wildman–Crippen LogP) is 3.87. The number of aromatic nitrogens is 4. The molecule has 0 aliphatic carbocycles. The van der Waals surface area contributed by atoms with Gasteiger partial charge < -0.3 is 0 Å². The highest BCUT2D eigenvalue weighted by molar-refractivity contribution is 5.83. The highest BCUT2D eigenvalue weighted by Crippen LogP contribution is 2.29. The zero-order chi connectivity index (χ0) is 15.3. The first kappa shape index (κ1) is 13.0. The number of imidazole rings is 1. The molecule has 4 nitrogen and oxygen atoms in total. The van der Waals surface area contributed by atoms with Gasteiger partial charge in [-0.1, -0.05) is 12.1 Å². The van der Waals surface area contributed by atoms with Gasteiger partial charge in [-0.3, -0.25) is 9.38 Å². The molecule has 0 radical (unpaired) electrons. The molecule has 0 bridgehead atoms. The number of nitrogens with zero attached hydrogens (tertiary/aromatic N) is 4. The molecule has 0 saturated heterocycles. The number of hydrogen-bond donors (Lipinski definition) is 0. The smallest absolute Gasteiger partial charge is 0.145 e. The van der Waals surface area contributed by atoms with E-state index in [4.69, 9.17) is 9.97 Å². The number of benzene rings is 1. The number of rotatable bonds is 1. The molecule has 108 valence electrons. The molecule has 0 amide bonds. The topological polar surface area (TPSA) is 43.1 Å². The summed E-state index contributed by atoms with van der Waals surface area (Å²) in [6.07, 6.45) is 3.69. The Balaban J connectivity index is 2.23. The minimum Gasteiger partial charge on any atom is -0.289 e. The van der Waals surface area contributed by atoms with Crippen LogP contribution < -0.4 is 0 Å². The predicted molar refractivity (Wildman–Crippen MR) is 87.9 cm³/mol. The van der Waals surface area contributed by atoms with Gasteiger partial charge in [0.15, 0.2) is 0 Å². The van der Waals surface area contributed by atoms with Gasteiger partial charge in [0.2, 0.25) is 0 Å². The van der Waals surface area contributed by atoms with Crippen LogP contribution in [0.3, 0.4) is 0 Å². The molecule has 4 rings (SSSR count). The molecule has 0 atom stereocenters. The van der Waals surface area contributed by atoms with E-state index in [2.05, 4.69) is 22.4 Å². The number of fused-ring (bicyclic) bond motifs is 3. The Morgan fingerprint density at radius 1 is 0.909 bits per heavy atom. The molecule has 3 heterocycles. The van der Waals surface area contributed by atoms with Crippen molar-refractivity contribution < 1.29 is 0 Å². The van der Waals surface area contributed by atoms with Crippen molar-refractivity contribution in [3.05, 3.63) is 59.7 Å². The molecule has 22 heavy (non-hydrogen) atoms. The van der Waals surface area contributed by atoms with Crippen molar-refractivity contribution >= 4 is 16.6 Å². The molecule has 0 fully saturated rings. The van der Waals surface area contributed by atoms with Gasteiger partial charge in [-0.15, -0.1) is 0 Å². The van der Waals surface area contributed by atoms with E-state index in [0.29, 0.717) is 0 Å². The first-order valence-corrected chi connectivity index (χ1v) is 7.32. The summed E-state index contributed by atoms with van der Waals surface area (Å²) in [5.41, 5.74) is 7.38. The van der Waals surface area contributed by atoms with Gasteiger partial charge in [0.25, 0.3) is 0 Å². The Morgan fingerprint density at radius 3 is 2.50 bits per heavy atom. The van der Waals surface area contributed by atoms with Gasteiger partial charge in [0, 0.05) is 18.0 Å². The van der Waals surface area contributed by atoms with Crippen molar-refractivity contribution in [1.82, 2.24) is 19.4 Å². The third kappa shape index (κ3) is 1.73. The second-order valence-electron chi connectivity index (χ2n) is 5.58. The highest BCUT2D eigenvalue weighted by atomic mass is 15.1. The van der Waals surface area contributed by atoms with Gasteiger partial charge in [-0.25, -0.2) is 9.97 Å². The summed E-state index contributed by atoms with van der Waals surface area (Å²) in [5.74, 6) is 0.953. The maximum atomic E-state index is 4.83. The van der Waals surface area contributed by atoms with E-state index in [9.17, 15) is 0 Å². The van der Waals surface area contributed by atoms with E-state index < -0.39 is 0 Å². The number of aryl methyl sites for hydroxylation is 3. The Kier molecular flexibility index (Phi) is 2.73. The largest absolute Gasteiger partial charge is 0.289 e. The quantitative estimate of drug-likeness (QED) is 0.534. The van der Waals surface area contributed by atoms with Gasteiger partial charge in [-0.05, 0) is 44.5 Å². The fourth-order valence-electron chi connectivity index (χ4n) is 3.07. The van der Waals surface area contributed by atoms with Crippen LogP contribution in [0.5, 0.6) is 0 Å². The third-order valence-electron chi connectivity index (χ3n) is 4.07. The van der Waals surface area contributed by atoms with Crippen LogP contribution >= 0.6 is 0 Å². The van der Waals surface area contributed by atoms with E-state index in [-0.39, 0.29) is 0 Å². The van der Waals surface area contributed by atoms with E-state index in [1.807, 2.05) is 50.5 Å². The summed E-state index contributed by atoms with van der Waals surface area (Å²) in [6.45, 7) is 6.15. The van der Waals surface area contributed by atoms with Crippen LogP contribution in [0, 0.1) is 20.8 Å². The van der Waals surface area contributed by atoms with Crippen LogP contribution in [-0.2, 0) is 0 Å². The maximum Gasteiger partial charge on any atom is 0.145 e. The Hall–Kier alpha value is -2.75. The lowest BCUT2D eigenvalue weighted by Gasteiger charge is -2.09. The normalized spacial score (nSPS) is 11.4. The number of para-hydroxylation sites is 2. The molecule has 4 aromatic rings. The summed E-state index contributed by atoms with van der Waals surface area (Å²) in [4.78, 5) is 13.7. The molecular formula is C18H16N4. The van der Waals surface area contributed by atoms with Gasteiger partial charge >= 0.3 is 0 Å². The van der Waals surface area contributed by atoms with Crippen LogP contribution in [0.15, 0.2) is 42.7 Å². The van der Waals surface area contributed by atoms with Gasteiger partial charge in [0.05, 0.1) is 27.9 Å². The molecule has 0 aliphatic rings. The van der Waals surface area contributed by atoms with Gasteiger partial charge in [0.1, 0.15) is 5.82 Å². The van der Waals surface area contributed by atoms with Crippen LogP contribution in [0.4, 0.5) is 0 Å². The maximum absolute atomic E-state index is 4.83. The first-order valence-electron chi connectivity index (χ1n) is 7.32. The van der Waals surface area contributed by atoms with Gasteiger partial charge in [-0.2, -0.15) is 0 Å². The Bertz CT molecular complexity index is 1010. The zero-order valence-corrected chi connectivity index (χ0v) is 12.8. The number of pyridine rings is 1. The summed E-state index contributed by atoms with van der Waals surface area (Å²) in [6, 6.07) is 10.2. The van der Waals surface area contributed by atoms with Crippen LogP contribution in [0.2, 0.25) is 0 Å². The van der Waals surface area contributed by atoms with Crippen molar-refractivity contribution in [2.75, 3.05) is 0 Å². The van der Waals surface area contributed by atoms with E-state index in [1.165, 1.54) is 0 Å². The first-order chi connectivity index (χ1) is 10.7. The lowest BCUT2D eigenvalue weighted by Crippen LogP contribution is -1.98. The standard InChI is InChI=1S/C18H16N4/c1-11-10-19-9-8-14(11)18-21-13(3)17-12(2)20-15-6-4-5-7-16(15)22(17)18/h4-10H,1-3H3. The van der Waals surface area contributed by atoms with E-state index >= 15 is 0 Å². The van der Waals surface area contributed by atoms with Crippen molar-refractivity contribution in [3.63, 3.8) is 0 Å². The molecule has 0 aliphatic heterocycles. The fourth-order valence-corrected chi connectivity index (χ4v) is 3.07. The lowest BCUT2D eigenvalue weighted by molar-refractivity contribution is 1.14. The average molecular weight is 288 g/mol. The minimum absolute atomic E-state index is 0.953. The third-order valence-corrected chi connectivity index (χ3v) is 4.07. The summed E-state index contributed by atoms with van der Waals surface area (Å²) in [7, 11) is 0. The fraction of sp³-hybridized carbons (Fsp3) is 0.167. The SMILES string of the molecule is Cc1cnccc1-c1nc(C)c2c(C)nc3ccccc3n12. The molecule has 0 spiro atoms. The Labute approximate surface area is 128 Å². The molecule has 3 aromatic heterocycles. The monoisotopic (exact) mass is 288 g/mol. The van der Waals surface area contributed by atoms with Crippen LogP contribution in [0.1, 0.15) is 17.0 Å². The minimum atomic E-state index is 0.953. The second-order valence-corrected chi connectivity index (χ2v) is 5.58. The molecular weight excluding hydrogens is 272 g/mol. The summed E-state index contributed by atoms with van der Waals surface area (Å²) >= 11 is 0. The summed E-state index contributed by atoms with van der Waals surface area (Å²) in [5, 5.41) is 0. The molecule has 0 unspecified atom stereocenters. The van der Waals surface area contributed by atoms with Crippen molar-refractivity contribution in [2.45, 2.75) is 20.8 Å². The summed E-state index contributed by atoms with van der Waals surface area (Å²) < 4.78 is 2.22. The molecule has 1 aromatic carbocycles. The highest BCUT2D eigenvalue weighted by Gasteiger charge is 2.16. The second kappa shape index (κ2) is 4.63. The van der Waals surface area contributed by atoms with E-state index in [0.717, 1.165) is 44.9 Å². The number of hydrogen-bond acceptors (Lipinski definition) is 3. The Morgan fingerprint density at radius 2 is 1.68 bits per heavy atom. The molecule has 0 N–H and O–H groups in total. The van der Waals surface area contributed by atoms with Crippen LogP contribution in [0.25, 0.3) is 27.9 Å². The zero-order valence-electron chi connectivity index (χ0n) is 12.8. The van der Waals surface area contributed by atoms with Crippen molar-refractivity contribution in [2.24, 2.45) is 0 Å². The van der Waals surface area contributed by atoms with E-state index in [1.54, 1.807) is 0 Å². The molecule has 4 heteroatoms. The van der Waals surface area contributed by atoms with Crippen LogP contribution in [-0.4, -0.2) is 19.4 Å². The van der Waals surface area contributed by atoms with Crippen molar-refractivity contribution in [1.29, 1.82) is 0 Å². The lowest BCUT2D eigenvalue weighted by atomic mass is 10.1.